The molecule has 1 atom stereocenters. The Labute approximate surface area is 99.7 Å². The molecule has 0 fully saturated rings. The lowest BCUT2D eigenvalue weighted by atomic mass is 10.0. The lowest BCUT2D eigenvalue weighted by Gasteiger charge is -2.15. The van der Waals surface area contributed by atoms with E-state index in [4.69, 9.17) is 0 Å². The number of nitrogens with one attached hydrogen (secondary N) is 1. The fourth-order valence-electron chi connectivity index (χ4n) is 1.72. The maximum atomic E-state index is 12.8. The van der Waals surface area contributed by atoms with Gasteiger partial charge in [0.1, 0.15) is 12.1 Å². The van der Waals surface area contributed by atoms with Gasteiger partial charge in [-0.1, -0.05) is 12.1 Å². The highest BCUT2D eigenvalue weighted by molar-refractivity contribution is 5.19. The maximum Gasteiger partial charge on any atom is 0.123 e. The fourth-order valence-corrected chi connectivity index (χ4v) is 1.72. The third-order valence-corrected chi connectivity index (χ3v) is 2.66. The molecule has 0 saturated heterocycles. The lowest BCUT2D eigenvalue weighted by molar-refractivity contribution is 0.572. The summed E-state index contributed by atoms with van der Waals surface area (Å²) in [4.78, 5) is 8.11. The zero-order chi connectivity index (χ0) is 12.1. The van der Waals surface area contributed by atoms with Gasteiger partial charge >= 0.3 is 0 Å². The average molecular weight is 231 g/mol. The number of aromatic nitrogens is 2. The molecular formula is C13H14FN3. The third kappa shape index (κ3) is 3.07. The highest BCUT2D eigenvalue weighted by atomic mass is 19.1. The van der Waals surface area contributed by atoms with Crippen LogP contribution in [0.25, 0.3) is 0 Å². The molecule has 1 aromatic carbocycles. The van der Waals surface area contributed by atoms with E-state index in [2.05, 4.69) is 15.3 Å². The number of hydrogen-bond acceptors (Lipinski definition) is 3. The quantitative estimate of drug-likeness (QED) is 0.875. The SMILES string of the molecule is CNC(Cc1ccc(F)cc1)c1ccncn1. The Kier molecular flexibility index (Phi) is 3.77. The Morgan fingerprint density at radius 3 is 2.59 bits per heavy atom. The normalized spacial score (nSPS) is 12.4. The predicted octanol–water partition coefficient (Wildman–Crippen LogP) is 2.12. The summed E-state index contributed by atoms with van der Waals surface area (Å²) in [6.07, 6.45) is 4.02. The minimum Gasteiger partial charge on any atom is -0.311 e. The highest BCUT2D eigenvalue weighted by Gasteiger charge is 2.10. The highest BCUT2D eigenvalue weighted by Crippen LogP contribution is 2.15. The first kappa shape index (κ1) is 11.7. The second-order valence-corrected chi connectivity index (χ2v) is 3.81. The van der Waals surface area contributed by atoms with Crippen molar-refractivity contribution in [2.45, 2.75) is 12.5 Å². The molecule has 0 aliphatic rings. The number of rotatable bonds is 4. The Hall–Kier alpha value is -1.81. The second kappa shape index (κ2) is 5.50. The van der Waals surface area contributed by atoms with Crippen LogP contribution in [0.15, 0.2) is 42.9 Å². The van der Waals surface area contributed by atoms with Gasteiger partial charge in [-0.2, -0.15) is 0 Å². The fraction of sp³-hybridized carbons (Fsp3) is 0.231. The van der Waals surface area contributed by atoms with Crippen molar-refractivity contribution >= 4 is 0 Å². The number of benzene rings is 1. The number of hydrogen-bond donors (Lipinski definition) is 1. The Morgan fingerprint density at radius 2 is 2.00 bits per heavy atom. The average Bonchev–Trinajstić information content (AvgIpc) is 2.39. The Morgan fingerprint density at radius 1 is 1.24 bits per heavy atom. The first-order valence-electron chi connectivity index (χ1n) is 5.47. The van der Waals surface area contributed by atoms with Gasteiger partial charge in [0.15, 0.2) is 0 Å². The van der Waals surface area contributed by atoms with E-state index >= 15 is 0 Å². The summed E-state index contributed by atoms with van der Waals surface area (Å²) in [5, 5.41) is 3.20. The molecule has 0 spiro atoms. The van der Waals surface area contributed by atoms with Crippen LogP contribution in [0.2, 0.25) is 0 Å². The largest absolute Gasteiger partial charge is 0.311 e. The molecular weight excluding hydrogens is 217 g/mol. The van der Waals surface area contributed by atoms with E-state index in [-0.39, 0.29) is 11.9 Å². The van der Waals surface area contributed by atoms with E-state index in [0.29, 0.717) is 0 Å². The Balaban J connectivity index is 2.13. The van der Waals surface area contributed by atoms with Gasteiger partial charge in [0.25, 0.3) is 0 Å². The molecule has 0 radical (unpaired) electrons. The van der Waals surface area contributed by atoms with E-state index in [1.54, 1.807) is 18.3 Å². The molecule has 1 unspecified atom stereocenters. The van der Waals surface area contributed by atoms with Crippen LogP contribution in [-0.4, -0.2) is 17.0 Å². The van der Waals surface area contributed by atoms with Crippen LogP contribution in [0.5, 0.6) is 0 Å². The second-order valence-electron chi connectivity index (χ2n) is 3.81. The minimum absolute atomic E-state index is 0.114. The number of nitrogens with zero attached hydrogens (tertiary/aromatic N) is 2. The summed E-state index contributed by atoms with van der Waals surface area (Å²) >= 11 is 0. The first-order chi connectivity index (χ1) is 8.29. The van der Waals surface area contributed by atoms with Crippen molar-refractivity contribution in [2.24, 2.45) is 0 Å². The standard InChI is InChI=1S/C13H14FN3/c1-15-13(12-6-7-16-9-17-12)8-10-2-4-11(14)5-3-10/h2-7,9,13,15H,8H2,1H3. The van der Waals surface area contributed by atoms with Gasteiger partial charge in [-0.25, -0.2) is 14.4 Å². The zero-order valence-corrected chi connectivity index (χ0v) is 9.60. The predicted molar refractivity (Wildman–Crippen MR) is 63.9 cm³/mol. The summed E-state index contributed by atoms with van der Waals surface area (Å²) in [7, 11) is 1.89. The van der Waals surface area contributed by atoms with Crippen LogP contribution in [0.4, 0.5) is 4.39 Å². The van der Waals surface area contributed by atoms with Crippen molar-refractivity contribution in [3.63, 3.8) is 0 Å². The van der Waals surface area contributed by atoms with Crippen molar-refractivity contribution in [3.05, 3.63) is 59.9 Å². The Bertz CT molecular complexity index is 456. The van der Waals surface area contributed by atoms with E-state index in [0.717, 1.165) is 17.7 Å². The molecule has 0 aliphatic heterocycles. The van der Waals surface area contributed by atoms with Gasteiger partial charge in [-0.3, -0.25) is 0 Å². The van der Waals surface area contributed by atoms with Gasteiger partial charge in [-0.15, -0.1) is 0 Å². The van der Waals surface area contributed by atoms with Crippen molar-refractivity contribution < 1.29 is 4.39 Å². The van der Waals surface area contributed by atoms with Gasteiger partial charge in [-0.05, 0) is 37.2 Å². The summed E-state index contributed by atoms with van der Waals surface area (Å²) in [6.45, 7) is 0. The molecule has 1 aromatic heterocycles. The van der Waals surface area contributed by atoms with E-state index in [9.17, 15) is 4.39 Å². The van der Waals surface area contributed by atoms with Crippen LogP contribution in [0.1, 0.15) is 17.3 Å². The van der Waals surface area contributed by atoms with E-state index in [1.165, 1.54) is 18.5 Å². The molecule has 2 rings (SSSR count). The van der Waals surface area contributed by atoms with Gasteiger partial charge in [0.05, 0.1) is 11.7 Å². The maximum absolute atomic E-state index is 12.8. The minimum atomic E-state index is -0.211. The van der Waals surface area contributed by atoms with Crippen LogP contribution in [-0.2, 0) is 6.42 Å². The summed E-state index contributed by atoms with van der Waals surface area (Å²) in [6, 6.07) is 8.53. The molecule has 0 saturated carbocycles. The van der Waals surface area contributed by atoms with Crippen LogP contribution >= 0.6 is 0 Å². The molecule has 0 bridgehead atoms. The molecule has 3 nitrogen and oxygen atoms in total. The molecule has 4 heteroatoms. The van der Waals surface area contributed by atoms with Crippen molar-refractivity contribution in [3.8, 4) is 0 Å². The molecule has 1 N–H and O–H groups in total. The summed E-state index contributed by atoms with van der Waals surface area (Å²) in [5.74, 6) is -0.211. The molecule has 0 amide bonds. The monoisotopic (exact) mass is 231 g/mol. The summed E-state index contributed by atoms with van der Waals surface area (Å²) in [5.41, 5.74) is 2.01. The van der Waals surface area contributed by atoms with Crippen LogP contribution in [0, 0.1) is 5.82 Å². The van der Waals surface area contributed by atoms with E-state index in [1.807, 2.05) is 13.1 Å². The van der Waals surface area contributed by atoms with Crippen LogP contribution < -0.4 is 5.32 Å². The van der Waals surface area contributed by atoms with Crippen molar-refractivity contribution in [1.82, 2.24) is 15.3 Å². The van der Waals surface area contributed by atoms with Gasteiger partial charge in [0, 0.05) is 6.20 Å². The molecule has 1 heterocycles. The third-order valence-electron chi connectivity index (χ3n) is 2.66. The van der Waals surface area contributed by atoms with Crippen LogP contribution in [0.3, 0.4) is 0 Å². The topological polar surface area (TPSA) is 37.8 Å². The molecule has 0 aliphatic carbocycles. The molecule has 2 aromatic rings. The van der Waals surface area contributed by atoms with Crippen molar-refractivity contribution in [2.75, 3.05) is 7.05 Å². The molecule has 88 valence electrons. The van der Waals surface area contributed by atoms with Crippen molar-refractivity contribution in [1.29, 1.82) is 0 Å². The zero-order valence-electron chi connectivity index (χ0n) is 9.60. The first-order valence-corrected chi connectivity index (χ1v) is 5.47. The van der Waals surface area contributed by atoms with E-state index < -0.39 is 0 Å². The summed E-state index contributed by atoms with van der Waals surface area (Å²) < 4.78 is 12.8. The van der Waals surface area contributed by atoms with Gasteiger partial charge < -0.3 is 5.32 Å². The molecule has 17 heavy (non-hydrogen) atoms. The number of likely N-dealkylation sites (N-methyl/N-ethyl adjacent to an activating group) is 1. The lowest BCUT2D eigenvalue weighted by Crippen LogP contribution is -2.20. The van der Waals surface area contributed by atoms with Gasteiger partial charge in [0.2, 0.25) is 0 Å². The number of halogens is 1. The smallest absolute Gasteiger partial charge is 0.123 e.